The fourth-order valence-corrected chi connectivity index (χ4v) is 1.39. The van der Waals surface area contributed by atoms with E-state index < -0.39 is 5.97 Å². The molecule has 0 saturated heterocycles. The van der Waals surface area contributed by atoms with Crippen LogP contribution in [0.5, 0.6) is 0 Å². The maximum absolute atomic E-state index is 10.4. The van der Waals surface area contributed by atoms with E-state index in [-0.39, 0.29) is 6.54 Å². The van der Waals surface area contributed by atoms with Gasteiger partial charge in [0.2, 0.25) is 5.16 Å². The molecule has 0 aliphatic carbocycles. The van der Waals surface area contributed by atoms with Crippen molar-refractivity contribution < 1.29 is 9.90 Å². The Hall–Kier alpha value is -1.55. The van der Waals surface area contributed by atoms with E-state index in [2.05, 4.69) is 27.4 Å². The van der Waals surface area contributed by atoms with Crippen LogP contribution in [0.1, 0.15) is 6.92 Å². The average molecular weight is 212 g/mol. The molecular weight excluding hydrogens is 204 g/mol. The standard InChI is InChI=1S/C7H8N4O2S/c1-2-3-4-14-7-8-9-10-11(7)5-6(12)13/h4-5H2,1H3,(H,12,13). The highest BCUT2D eigenvalue weighted by Crippen LogP contribution is 2.11. The van der Waals surface area contributed by atoms with Crippen molar-refractivity contribution in [3.8, 4) is 11.8 Å². The second-order valence-electron chi connectivity index (χ2n) is 2.23. The van der Waals surface area contributed by atoms with E-state index in [0.29, 0.717) is 10.9 Å². The van der Waals surface area contributed by atoms with Crippen molar-refractivity contribution in [2.24, 2.45) is 0 Å². The number of tetrazole rings is 1. The molecule has 1 aromatic rings. The monoisotopic (exact) mass is 212 g/mol. The van der Waals surface area contributed by atoms with Gasteiger partial charge in [-0.25, -0.2) is 4.68 Å². The van der Waals surface area contributed by atoms with Crippen LogP contribution in [-0.4, -0.2) is 37.0 Å². The number of thioether (sulfide) groups is 1. The summed E-state index contributed by atoms with van der Waals surface area (Å²) in [5.74, 6) is 5.13. The summed E-state index contributed by atoms with van der Waals surface area (Å²) in [6, 6.07) is 0. The summed E-state index contributed by atoms with van der Waals surface area (Å²) in [7, 11) is 0. The van der Waals surface area contributed by atoms with E-state index in [1.165, 1.54) is 16.4 Å². The molecule has 74 valence electrons. The third kappa shape index (κ3) is 3.06. The molecule has 0 amide bonds. The van der Waals surface area contributed by atoms with Crippen LogP contribution in [0.4, 0.5) is 0 Å². The van der Waals surface area contributed by atoms with Crippen molar-refractivity contribution in [1.29, 1.82) is 0 Å². The van der Waals surface area contributed by atoms with Crippen LogP contribution in [-0.2, 0) is 11.3 Å². The van der Waals surface area contributed by atoms with Gasteiger partial charge in [0.1, 0.15) is 6.54 Å². The van der Waals surface area contributed by atoms with E-state index in [0.717, 1.165) is 0 Å². The molecule has 0 spiro atoms. The smallest absolute Gasteiger partial charge is 0.325 e. The average Bonchev–Trinajstić information content (AvgIpc) is 2.52. The second kappa shape index (κ2) is 5.24. The summed E-state index contributed by atoms with van der Waals surface area (Å²) in [6.07, 6.45) is 0. The van der Waals surface area contributed by atoms with Gasteiger partial charge >= 0.3 is 5.97 Å². The minimum absolute atomic E-state index is 0.227. The molecule has 6 nitrogen and oxygen atoms in total. The molecule has 1 aromatic heterocycles. The van der Waals surface area contributed by atoms with Gasteiger partial charge in [-0.2, -0.15) is 0 Å². The van der Waals surface area contributed by atoms with Gasteiger partial charge < -0.3 is 5.11 Å². The van der Waals surface area contributed by atoms with E-state index in [1.807, 2.05) is 0 Å². The SMILES string of the molecule is CC#CCSc1nnnn1CC(=O)O. The summed E-state index contributed by atoms with van der Waals surface area (Å²) in [5, 5.41) is 19.6. The van der Waals surface area contributed by atoms with Crippen molar-refractivity contribution in [2.75, 3.05) is 5.75 Å². The van der Waals surface area contributed by atoms with E-state index in [1.54, 1.807) is 6.92 Å². The number of aliphatic carboxylic acids is 1. The van der Waals surface area contributed by atoms with E-state index in [4.69, 9.17) is 5.11 Å². The van der Waals surface area contributed by atoms with Crippen LogP contribution < -0.4 is 0 Å². The molecule has 1 N–H and O–H groups in total. The number of hydrogen-bond donors (Lipinski definition) is 1. The number of rotatable bonds is 4. The zero-order chi connectivity index (χ0) is 10.4. The van der Waals surface area contributed by atoms with Crippen LogP contribution >= 0.6 is 11.8 Å². The highest BCUT2D eigenvalue weighted by atomic mass is 32.2. The van der Waals surface area contributed by atoms with Crippen LogP contribution in [0.15, 0.2) is 5.16 Å². The van der Waals surface area contributed by atoms with E-state index in [9.17, 15) is 4.79 Å². The number of carboxylic acid groups (broad SMARTS) is 1. The molecule has 0 unspecified atom stereocenters. The predicted octanol–water partition coefficient (Wildman–Crippen LogP) is -0.127. The fraction of sp³-hybridized carbons (Fsp3) is 0.429. The van der Waals surface area contributed by atoms with Gasteiger partial charge in [-0.15, -0.1) is 11.0 Å². The highest BCUT2D eigenvalue weighted by Gasteiger charge is 2.08. The normalized spacial score (nSPS) is 9.21. The number of carbonyl (C=O) groups is 1. The number of aromatic nitrogens is 4. The predicted molar refractivity (Wildman–Crippen MR) is 49.6 cm³/mol. The first-order valence-corrected chi connectivity index (χ1v) is 4.73. The summed E-state index contributed by atoms with van der Waals surface area (Å²) < 4.78 is 1.23. The second-order valence-corrected chi connectivity index (χ2v) is 3.17. The van der Waals surface area contributed by atoms with Crippen LogP contribution in [0.3, 0.4) is 0 Å². The summed E-state index contributed by atoms with van der Waals surface area (Å²) in [6.45, 7) is 1.51. The molecule has 0 atom stereocenters. The first kappa shape index (κ1) is 10.5. The lowest BCUT2D eigenvalue weighted by Gasteiger charge is -1.97. The lowest BCUT2D eigenvalue weighted by Crippen LogP contribution is -2.11. The first-order valence-electron chi connectivity index (χ1n) is 3.74. The molecule has 0 fully saturated rings. The van der Waals surface area contributed by atoms with Crippen molar-refractivity contribution in [1.82, 2.24) is 20.2 Å². The van der Waals surface area contributed by atoms with Gasteiger partial charge in [0, 0.05) is 0 Å². The Morgan fingerprint density at radius 1 is 1.71 bits per heavy atom. The molecular formula is C7H8N4O2S. The molecule has 0 aliphatic heterocycles. The third-order valence-corrected chi connectivity index (χ3v) is 2.07. The van der Waals surface area contributed by atoms with Gasteiger partial charge in [0.25, 0.3) is 0 Å². The summed E-state index contributed by atoms with van der Waals surface area (Å²) >= 11 is 1.31. The topological polar surface area (TPSA) is 80.9 Å². The molecule has 1 rings (SSSR count). The first-order chi connectivity index (χ1) is 6.74. The molecule has 7 heteroatoms. The van der Waals surface area contributed by atoms with Gasteiger partial charge in [0.15, 0.2) is 0 Å². The molecule has 1 heterocycles. The molecule has 0 saturated carbocycles. The van der Waals surface area contributed by atoms with Crippen LogP contribution in [0, 0.1) is 11.8 Å². The van der Waals surface area contributed by atoms with E-state index >= 15 is 0 Å². The van der Waals surface area contributed by atoms with Crippen LogP contribution in [0.2, 0.25) is 0 Å². The summed E-state index contributed by atoms with van der Waals surface area (Å²) in [4.78, 5) is 10.4. The van der Waals surface area contributed by atoms with Gasteiger partial charge in [-0.1, -0.05) is 17.7 Å². The largest absolute Gasteiger partial charge is 0.480 e. The Morgan fingerprint density at radius 2 is 2.50 bits per heavy atom. The Balaban J connectivity index is 2.60. The maximum Gasteiger partial charge on any atom is 0.325 e. The molecule has 14 heavy (non-hydrogen) atoms. The van der Waals surface area contributed by atoms with Crippen molar-refractivity contribution in [2.45, 2.75) is 18.6 Å². The number of nitrogens with zero attached hydrogens (tertiary/aromatic N) is 4. The lowest BCUT2D eigenvalue weighted by atomic mass is 10.7. The highest BCUT2D eigenvalue weighted by molar-refractivity contribution is 7.99. The Kier molecular flexibility index (Phi) is 3.94. The number of hydrogen-bond acceptors (Lipinski definition) is 5. The maximum atomic E-state index is 10.4. The molecule has 0 aliphatic rings. The van der Waals surface area contributed by atoms with Gasteiger partial charge in [-0.3, -0.25) is 4.79 Å². The van der Waals surface area contributed by atoms with Crippen molar-refractivity contribution >= 4 is 17.7 Å². The Bertz CT molecular complexity index is 379. The quantitative estimate of drug-likeness (QED) is 0.553. The summed E-state index contributed by atoms with van der Waals surface area (Å²) in [5.41, 5.74) is 0. The zero-order valence-electron chi connectivity index (χ0n) is 7.47. The Morgan fingerprint density at radius 3 is 3.14 bits per heavy atom. The van der Waals surface area contributed by atoms with Gasteiger partial charge in [0.05, 0.1) is 5.75 Å². The molecule has 0 aromatic carbocycles. The number of carboxylic acids is 1. The van der Waals surface area contributed by atoms with Crippen LogP contribution in [0.25, 0.3) is 0 Å². The van der Waals surface area contributed by atoms with Gasteiger partial charge in [-0.05, 0) is 17.4 Å². The minimum Gasteiger partial charge on any atom is -0.480 e. The Labute approximate surface area is 84.7 Å². The van der Waals surface area contributed by atoms with Crippen molar-refractivity contribution in [3.63, 3.8) is 0 Å². The minimum atomic E-state index is -0.972. The lowest BCUT2D eigenvalue weighted by molar-refractivity contribution is -0.138. The fourth-order valence-electron chi connectivity index (χ4n) is 0.700. The third-order valence-electron chi connectivity index (χ3n) is 1.23. The zero-order valence-corrected chi connectivity index (χ0v) is 8.28. The molecule has 0 radical (unpaired) electrons. The molecule has 0 bridgehead atoms. The van der Waals surface area contributed by atoms with Crippen molar-refractivity contribution in [3.05, 3.63) is 0 Å².